The molecule has 0 radical (unpaired) electrons. The first-order valence-electron chi connectivity index (χ1n) is 8.43. The van der Waals surface area contributed by atoms with Crippen molar-refractivity contribution in [3.63, 3.8) is 0 Å². The van der Waals surface area contributed by atoms with Crippen molar-refractivity contribution in [3.8, 4) is 0 Å². The van der Waals surface area contributed by atoms with Gasteiger partial charge in [-0.2, -0.15) is 0 Å². The Kier molecular flexibility index (Phi) is 3.81. The number of piperidine rings is 2. The van der Waals surface area contributed by atoms with Crippen molar-refractivity contribution in [1.82, 2.24) is 9.80 Å². The van der Waals surface area contributed by atoms with E-state index in [0.717, 1.165) is 24.0 Å². The average Bonchev–Trinajstić information content (AvgIpc) is 2.62. The maximum atomic E-state index is 12.9. The van der Waals surface area contributed by atoms with Crippen LogP contribution in [0, 0.1) is 0 Å². The molecule has 2 atom stereocenters. The van der Waals surface area contributed by atoms with Crippen LogP contribution >= 0.6 is 0 Å². The lowest BCUT2D eigenvalue weighted by Crippen LogP contribution is -2.67. The normalized spacial score (nSPS) is 23.0. The molecular weight excluding hydrogens is 300 g/mol. The molecule has 2 amide bonds. The highest BCUT2D eigenvalue weighted by Crippen LogP contribution is 2.33. The first kappa shape index (κ1) is 14.9. The van der Waals surface area contributed by atoms with E-state index in [2.05, 4.69) is 0 Å². The Hall–Kier alpha value is -2.62. The van der Waals surface area contributed by atoms with Crippen molar-refractivity contribution in [2.75, 3.05) is 0 Å². The summed E-state index contributed by atoms with van der Waals surface area (Å²) in [6.07, 6.45) is 1.54. The quantitative estimate of drug-likeness (QED) is 0.869. The Morgan fingerprint density at radius 1 is 0.667 bits per heavy atom. The minimum absolute atomic E-state index is 0.0886. The number of fused-ring (bicyclic) bond motifs is 3. The van der Waals surface area contributed by atoms with Gasteiger partial charge in [-0.3, -0.25) is 9.59 Å². The van der Waals surface area contributed by atoms with Gasteiger partial charge >= 0.3 is 0 Å². The summed E-state index contributed by atoms with van der Waals surface area (Å²) < 4.78 is 0. The predicted octanol–water partition coefficient (Wildman–Crippen LogP) is 2.59. The van der Waals surface area contributed by atoms with Gasteiger partial charge in [0.2, 0.25) is 11.8 Å². The molecule has 0 spiro atoms. The van der Waals surface area contributed by atoms with Crippen molar-refractivity contribution >= 4 is 11.8 Å². The maximum absolute atomic E-state index is 12.9. The Morgan fingerprint density at radius 3 is 1.42 bits per heavy atom. The van der Waals surface area contributed by atoms with Gasteiger partial charge in [-0.25, -0.2) is 0 Å². The lowest BCUT2D eigenvalue weighted by molar-refractivity contribution is -0.170. The number of nitrogens with zero attached hydrogens (tertiary/aromatic N) is 2. The fourth-order valence-electron chi connectivity index (χ4n) is 3.77. The van der Waals surface area contributed by atoms with E-state index in [9.17, 15) is 9.59 Å². The second kappa shape index (κ2) is 6.11. The predicted molar refractivity (Wildman–Crippen MR) is 90.8 cm³/mol. The van der Waals surface area contributed by atoms with Crippen LogP contribution in [-0.2, 0) is 22.7 Å². The number of amides is 2. The number of carbonyl (C=O) groups excluding carboxylic acids is 2. The van der Waals surface area contributed by atoms with Gasteiger partial charge in [-0.15, -0.1) is 0 Å². The van der Waals surface area contributed by atoms with Crippen molar-refractivity contribution in [1.29, 1.82) is 0 Å². The molecule has 3 fully saturated rings. The molecule has 2 aromatic rings. The molecule has 2 aromatic carbocycles. The molecule has 5 rings (SSSR count). The lowest BCUT2D eigenvalue weighted by atomic mass is 9.88. The number of carbonyl (C=O) groups is 2. The molecule has 2 bridgehead atoms. The Labute approximate surface area is 141 Å². The van der Waals surface area contributed by atoms with Crippen LogP contribution in [0.3, 0.4) is 0 Å². The average molecular weight is 320 g/mol. The van der Waals surface area contributed by atoms with E-state index in [-0.39, 0.29) is 23.9 Å². The van der Waals surface area contributed by atoms with Gasteiger partial charge < -0.3 is 9.80 Å². The molecule has 0 aliphatic carbocycles. The van der Waals surface area contributed by atoms with Crippen LogP contribution < -0.4 is 0 Å². The number of piperazine rings is 1. The second-order valence-electron chi connectivity index (χ2n) is 6.51. The maximum Gasteiger partial charge on any atom is 0.246 e. The van der Waals surface area contributed by atoms with Crippen molar-refractivity contribution < 1.29 is 9.59 Å². The summed E-state index contributed by atoms with van der Waals surface area (Å²) in [4.78, 5) is 29.3. The Bertz CT molecular complexity index is 679. The number of benzene rings is 2. The van der Waals surface area contributed by atoms with Crippen LogP contribution in [0.25, 0.3) is 0 Å². The summed E-state index contributed by atoms with van der Waals surface area (Å²) in [6, 6.07) is 19.2. The topological polar surface area (TPSA) is 40.6 Å². The summed E-state index contributed by atoms with van der Waals surface area (Å²) in [6.45, 7) is 1.04. The highest BCUT2D eigenvalue weighted by atomic mass is 16.2. The standard InChI is InChI=1S/C20H20N2O2/c23-19-18-12-11-17(21(19)13-15-7-3-1-4-8-15)20(24)22(18)14-16-9-5-2-6-10-16/h1-10,17-18H,11-14H2/t17-,18+. The van der Waals surface area contributed by atoms with Gasteiger partial charge in [-0.05, 0) is 24.0 Å². The van der Waals surface area contributed by atoms with Gasteiger partial charge in [0.25, 0.3) is 0 Å². The van der Waals surface area contributed by atoms with Gasteiger partial charge in [0, 0.05) is 13.1 Å². The molecule has 3 heterocycles. The van der Waals surface area contributed by atoms with E-state index < -0.39 is 0 Å². The van der Waals surface area contributed by atoms with E-state index in [1.165, 1.54) is 0 Å². The fourth-order valence-corrected chi connectivity index (χ4v) is 3.77. The smallest absolute Gasteiger partial charge is 0.246 e. The van der Waals surface area contributed by atoms with Crippen LogP contribution in [0.5, 0.6) is 0 Å². The molecule has 0 N–H and O–H groups in total. The first-order chi connectivity index (χ1) is 11.7. The van der Waals surface area contributed by atoms with E-state index >= 15 is 0 Å². The molecule has 24 heavy (non-hydrogen) atoms. The first-order valence-corrected chi connectivity index (χ1v) is 8.43. The van der Waals surface area contributed by atoms with Crippen LogP contribution in [0.15, 0.2) is 60.7 Å². The molecular formula is C20H20N2O2. The molecule has 3 saturated heterocycles. The molecule has 3 aliphatic heterocycles. The van der Waals surface area contributed by atoms with Gasteiger partial charge in [0.05, 0.1) is 0 Å². The summed E-state index contributed by atoms with van der Waals surface area (Å²) in [5.41, 5.74) is 2.14. The summed E-state index contributed by atoms with van der Waals surface area (Å²) >= 11 is 0. The van der Waals surface area contributed by atoms with Crippen molar-refractivity contribution in [2.45, 2.75) is 38.0 Å². The van der Waals surface area contributed by atoms with E-state index in [1.807, 2.05) is 60.7 Å². The number of rotatable bonds is 4. The lowest BCUT2D eigenvalue weighted by Gasteiger charge is -2.49. The van der Waals surface area contributed by atoms with Crippen LogP contribution in [0.1, 0.15) is 24.0 Å². The molecule has 0 aromatic heterocycles. The second-order valence-corrected chi connectivity index (χ2v) is 6.51. The third-order valence-corrected chi connectivity index (χ3v) is 4.99. The monoisotopic (exact) mass is 320 g/mol. The Morgan fingerprint density at radius 2 is 1.04 bits per heavy atom. The van der Waals surface area contributed by atoms with Crippen LogP contribution in [0.2, 0.25) is 0 Å². The van der Waals surface area contributed by atoms with E-state index in [0.29, 0.717) is 13.1 Å². The summed E-state index contributed by atoms with van der Waals surface area (Å²) in [5.74, 6) is 0.177. The largest absolute Gasteiger partial charge is 0.325 e. The molecule has 0 saturated carbocycles. The Balaban J connectivity index is 1.55. The van der Waals surface area contributed by atoms with E-state index in [1.54, 1.807) is 9.80 Å². The zero-order valence-corrected chi connectivity index (χ0v) is 13.5. The fraction of sp³-hybridized carbons (Fsp3) is 0.300. The SMILES string of the molecule is O=C1[C@@H]2CC[C@H](C(=O)N2Cc2ccccc2)N1Cc1ccccc1. The minimum Gasteiger partial charge on any atom is -0.325 e. The zero-order chi connectivity index (χ0) is 16.5. The molecule has 4 heteroatoms. The van der Waals surface area contributed by atoms with Crippen LogP contribution in [-0.4, -0.2) is 33.7 Å². The number of hydrogen-bond donors (Lipinski definition) is 0. The summed E-state index contributed by atoms with van der Waals surface area (Å²) in [7, 11) is 0. The van der Waals surface area contributed by atoms with Crippen LogP contribution in [0.4, 0.5) is 0 Å². The third-order valence-electron chi connectivity index (χ3n) is 4.99. The minimum atomic E-state index is -0.314. The molecule has 4 nitrogen and oxygen atoms in total. The van der Waals surface area contributed by atoms with Gasteiger partial charge in [0.15, 0.2) is 0 Å². The molecule has 3 aliphatic rings. The van der Waals surface area contributed by atoms with E-state index in [4.69, 9.17) is 0 Å². The zero-order valence-electron chi connectivity index (χ0n) is 13.5. The highest BCUT2D eigenvalue weighted by Gasteiger charge is 2.49. The van der Waals surface area contributed by atoms with Gasteiger partial charge in [0.1, 0.15) is 12.1 Å². The van der Waals surface area contributed by atoms with Crippen molar-refractivity contribution in [3.05, 3.63) is 71.8 Å². The molecule has 0 unspecified atom stereocenters. The molecule has 122 valence electrons. The van der Waals surface area contributed by atoms with Gasteiger partial charge in [-0.1, -0.05) is 60.7 Å². The number of hydrogen-bond acceptors (Lipinski definition) is 2. The highest BCUT2D eigenvalue weighted by molar-refractivity contribution is 5.98. The summed E-state index contributed by atoms with van der Waals surface area (Å²) in [5, 5.41) is 0. The van der Waals surface area contributed by atoms with Crippen molar-refractivity contribution in [2.24, 2.45) is 0 Å². The third kappa shape index (κ3) is 2.58.